The molecule has 6 heteroatoms. The van der Waals surface area contributed by atoms with Crippen molar-refractivity contribution in [2.45, 2.75) is 0 Å². The van der Waals surface area contributed by atoms with Crippen molar-refractivity contribution in [1.82, 2.24) is 0 Å². The number of hydrogen-bond acceptors (Lipinski definition) is 2. The maximum atomic E-state index is 13.6. The van der Waals surface area contributed by atoms with Crippen molar-refractivity contribution in [1.29, 1.82) is 0 Å². The van der Waals surface area contributed by atoms with Crippen molar-refractivity contribution in [3.8, 4) is 11.5 Å². The van der Waals surface area contributed by atoms with Gasteiger partial charge >= 0.3 is 5.97 Å². The number of ether oxygens (including phenoxy) is 1. The number of benzene rings is 2. The van der Waals surface area contributed by atoms with Crippen molar-refractivity contribution in [2.75, 3.05) is 0 Å². The predicted octanol–water partition coefficient (Wildman–Crippen LogP) is 4.62. The Balaban J connectivity index is 2.31. The van der Waals surface area contributed by atoms with Crippen LogP contribution in [0.5, 0.6) is 11.5 Å². The molecule has 0 saturated heterocycles. The minimum absolute atomic E-state index is 0.0665. The van der Waals surface area contributed by atoms with Gasteiger partial charge < -0.3 is 9.84 Å². The summed E-state index contributed by atoms with van der Waals surface area (Å²) in [4.78, 5) is 10.4. The molecule has 2 aromatic rings. The van der Waals surface area contributed by atoms with Gasteiger partial charge in [0, 0.05) is 16.6 Å². The zero-order valence-electron chi connectivity index (χ0n) is 10.5. The molecule has 0 fully saturated rings. The summed E-state index contributed by atoms with van der Waals surface area (Å²) in [6.07, 6.45) is 2.09. The minimum Gasteiger partial charge on any atom is -0.478 e. The van der Waals surface area contributed by atoms with E-state index in [1.807, 2.05) is 0 Å². The third kappa shape index (κ3) is 4.39. The Morgan fingerprint density at radius 3 is 2.67 bits per heavy atom. The average Bonchev–Trinajstić information content (AvgIpc) is 2.40. The van der Waals surface area contributed by atoms with Crippen molar-refractivity contribution in [3.63, 3.8) is 0 Å². The highest BCUT2D eigenvalue weighted by atomic mass is 79.9. The highest BCUT2D eigenvalue weighted by Crippen LogP contribution is 2.28. The fourth-order valence-corrected chi connectivity index (χ4v) is 1.93. The van der Waals surface area contributed by atoms with Crippen molar-refractivity contribution in [2.24, 2.45) is 0 Å². The Hall–Kier alpha value is -2.21. The second-order valence-corrected chi connectivity index (χ2v) is 4.98. The first-order chi connectivity index (χ1) is 9.94. The molecule has 108 valence electrons. The third-order valence-corrected chi connectivity index (χ3v) is 2.93. The molecule has 21 heavy (non-hydrogen) atoms. The summed E-state index contributed by atoms with van der Waals surface area (Å²) in [5.74, 6) is -2.36. The molecule has 1 N–H and O–H groups in total. The summed E-state index contributed by atoms with van der Waals surface area (Å²) < 4.78 is 33.0. The van der Waals surface area contributed by atoms with E-state index in [-0.39, 0.29) is 11.5 Å². The summed E-state index contributed by atoms with van der Waals surface area (Å²) in [6, 6.07) is 7.76. The van der Waals surface area contributed by atoms with E-state index in [1.54, 1.807) is 0 Å². The first-order valence-electron chi connectivity index (χ1n) is 5.78. The van der Waals surface area contributed by atoms with Gasteiger partial charge in [0.05, 0.1) is 0 Å². The number of carbonyl (C=O) groups is 1. The molecule has 0 radical (unpaired) electrons. The molecule has 2 rings (SSSR count). The fraction of sp³-hybridized carbons (Fsp3) is 0. The molecule has 3 nitrogen and oxygen atoms in total. The maximum Gasteiger partial charge on any atom is 0.328 e. The topological polar surface area (TPSA) is 46.5 Å². The van der Waals surface area contributed by atoms with E-state index in [0.717, 1.165) is 18.2 Å². The van der Waals surface area contributed by atoms with Crippen LogP contribution < -0.4 is 4.74 Å². The van der Waals surface area contributed by atoms with E-state index < -0.39 is 17.6 Å². The Labute approximate surface area is 127 Å². The lowest BCUT2D eigenvalue weighted by Gasteiger charge is -2.08. The summed E-state index contributed by atoms with van der Waals surface area (Å²) in [7, 11) is 0. The van der Waals surface area contributed by atoms with Crippen LogP contribution in [0.3, 0.4) is 0 Å². The predicted molar refractivity (Wildman–Crippen MR) is 77.2 cm³/mol. The largest absolute Gasteiger partial charge is 0.478 e. The Bertz CT molecular complexity index is 714. The Morgan fingerprint density at radius 1 is 1.19 bits per heavy atom. The van der Waals surface area contributed by atoms with Gasteiger partial charge in [0.25, 0.3) is 0 Å². The van der Waals surface area contributed by atoms with Crippen molar-refractivity contribution < 1.29 is 23.4 Å². The first-order valence-corrected chi connectivity index (χ1v) is 6.58. The molecule has 0 aromatic heterocycles. The highest BCUT2D eigenvalue weighted by Gasteiger charge is 2.07. The molecule has 0 unspecified atom stereocenters. The molecule has 0 atom stereocenters. The lowest BCUT2D eigenvalue weighted by molar-refractivity contribution is -0.131. The van der Waals surface area contributed by atoms with Gasteiger partial charge in [-0.1, -0.05) is 15.9 Å². The first kappa shape index (κ1) is 15.2. The van der Waals surface area contributed by atoms with Gasteiger partial charge in [0.15, 0.2) is 11.6 Å². The van der Waals surface area contributed by atoms with Crippen LogP contribution in [-0.4, -0.2) is 11.1 Å². The van der Waals surface area contributed by atoms with Gasteiger partial charge in [-0.25, -0.2) is 13.6 Å². The van der Waals surface area contributed by atoms with Crippen LogP contribution in [0.15, 0.2) is 46.9 Å². The molecule has 0 spiro atoms. The van der Waals surface area contributed by atoms with Gasteiger partial charge in [-0.05, 0) is 42.0 Å². The van der Waals surface area contributed by atoms with Crippen LogP contribution in [0, 0.1) is 11.6 Å². The van der Waals surface area contributed by atoms with Gasteiger partial charge in [0.2, 0.25) is 0 Å². The number of halogens is 3. The fourth-order valence-electron chi connectivity index (χ4n) is 1.59. The van der Waals surface area contributed by atoms with E-state index in [1.165, 1.54) is 30.3 Å². The Kier molecular flexibility index (Phi) is 4.70. The number of carboxylic acid groups (broad SMARTS) is 1. The molecule has 0 aliphatic carbocycles. The van der Waals surface area contributed by atoms with Gasteiger partial charge in [-0.15, -0.1) is 0 Å². The lowest BCUT2D eigenvalue weighted by atomic mass is 10.2. The molecular formula is C15H9BrF2O3. The van der Waals surface area contributed by atoms with E-state index >= 15 is 0 Å². The van der Waals surface area contributed by atoms with Crippen molar-refractivity contribution in [3.05, 3.63) is 64.1 Å². The van der Waals surface area contributed by atoms with E-state index in [9.17, 15) is 13.6 Å². The Morgan fingerprint density at radius 2 is 1.95 bits per heavy atom. The maximum absolute atomic E-state index is 13.6. The summed E-state index contributed by atoms with van der Waals surface area (Å²) >= 11 is 3.18. The van der Waals surface area contributed by atoms with Crippen LogP contribution in [0.4, 0.5) is 8.78 Å². The number of hydrogen-bond donors (Lipinski definition) is 1. The molecule has 0 heterocycles. The molecule has 0 bridgehead atoms. The molecule has 0 amide bonds. The standard InChI is InChI=1S/C15H9BrF2O3/c16-10-2-3-13(18)14(7-10)21-12-6-9(1-4-15(19)20)5-11(17)8-12/h1-8H,(H,19,20)/b4-1+. The molecular weight excluding hydrogens is 346 g/mol. The molecule has 0 saturated carbocycles. The van der Waals surface area contributed by atoms with Crippen LogP contribution >= 0.6 is 15.9 Å². The lowest BCUT2D eigenvalue weighted by Crippen LogP contribution is -1.91. The van der Waals surface area contributed by atoms with E-state index in [0.29, 0.717) is 10.0 Å². The van der Waals surface area contributed by atoms with Gasteiger partial charge in [-0.3, -0.25) is 0 Å². The summed E-state index contributed by atoms with van der Waals surface area (Å²) in [5, 5.41) is 8.55. The average molecular weight is 355 g/mol. The second-order valence-electron chi connectivity index (χ2n) is 4.07. The zero-order valence-corrected chi connectivity index (χ0v) is 12.1. The van der Waals surface area contributed by atoms with Crippen LogP contribution in [0.25, 0.3) is 6.08 Å². The number of aliphatic carboxylic acids is 1. The monoisotopic (exact) mass is 354 g/mol. The van der Waals surface area contributed by atoms with Gasteiger partial charge in [0.1, 0.15) is 11.6 Å². The smallest absolute Gasteiger partial charge is 0.328 e. The quantitative estimate of drug-likeness (QED) is 0.815. The number of rotatable bonds is 4. The van der Waals surface area contributed by atoms with Crippen LogP contribution in [-0.2, 0) is 4.79 Å². The normalized spacial score (nSPS) is 10.8. The second kappa shape index (κ2) is 6.49. The zero-order chi connectivity index (χ0) is 15.4. The third-order valence-electron chi connectivity index (χ3n) is 2.43. The molecule has 0 aliphatic heterocycles. The number of carboxylic acids is 1. The SMILES string of the molecule is O=C(O)/C=C/c1cc(F)cc(Oc2cc(Br)ccc2F)c1. The summed E-state index contributed by atoms with van der Waals surface area (Å²) in [5.41, 5.74) is 0.294. The molecule has 0 aliphatic rings. The molecule has 2 aromatic carbocycles. The van der Waals surface area contributed by atoms with Gasteiger partial charge in [-0.2, -0.15) is 0 Å². The highest BCUT2D eigenvalue weighted by molar-refractivity contribution is 9.10. The minimum atomic E-state index is -1.15. The van der Waals surface area contributed by atoms with Crippen LogP contribution in [0.1, 0.15) is 5.56 Å². The van der Waals surface area contributed by atoms with Crippen LogP contribution in [0.2, 0.25) is 0 Å². The van der Waals surface area contributed by atoms with E-state index in [2.05, 4.69) is 15.9 Å². The van der Waals surface area contributed by atoms with Crippen molar-refractivity contribution >= 4 is 28.0 Å². The van der Waals surface area contributed by atoms with E-state index in [4.69, 9.17) is 9.84 Å². The summed E-state index contributed by atoms with van der Waals surface area (Å²) in [6.45, 7) is 0.